The molecule has 0 radical (unpaired) electrons. The number of fused-ring (bicyclic) bond motifs is 1. The summed E-state index contributed by atoms with van der Waals surface area (Å²) in [7, 11) is 1.82. The second-order valence-electron chi connectivity index (χ2n) is 5.30. The molecule has 5 nitrogen and oxygen atoms in total. The predicted octanol–water partition coefficient (Wildman–Crippen LogP) is 2.49. The molecule has 2 N–H and O–H groups in total. The lowest BCUT2D eigenvalue weighted by Crippen LogP contribution is -2.29. The van der Waals surface area contributed by atoms with Crippen LogP contribution in [0, 0.1) is 6.92 Å². The maximum atomic E-state index is 5.83. The standard InChI is InChI=1S/C14H17N3O2/c1-8-5-11-12(19-14(2,3)18-11)6-9(8)10-7-13(15)17(4)16-10/h5-7H,15H2,1-4H3. The molecule has 0 atom stereocenters. The van der Waals surface area contributed by atoms with E-state index in [1.807, 2.05) is 46.0 Å². The lowest BCUT2D eigenvalue weighted by molar-refractivity contribution is -0.0431. The van der Waals surface area contributed by atoms with E-state index >= 15 is 0 Å². The van der Waals surface area contributed by atoms with Gasteiger partial charge in [-0.2, -0.15) is 5.10 Å². The highest BCUT2D eigenvalue weighted by Gasteiger charge is 2.32. The maximum Gasteiger partial charge on any atom is 0.246 e. The number of hydrogen-bond acceptors (Lipinski definition) is 4. The molecule has 100 valence electrons. The molecule has 2 heterocycles. The van der Waals surface area contributed by atoms with Gasteiger partial charge in [-0.25, -0.2) is 0 Å². The minimum absolute atomic E-state index is 0.615. The van der Waals surface area contributed by atoms with Gasteiger partial charge in [0.1, 0.15) is 5.82 Å². The zero-order valence-electron chi connectivity index (χ0n) is 11.5. The Morgan fingerprint density at radius 2 is 1.79 bits per heavy atom. The van der Waals surface area contributed by atoms with E-state index in [4.69, 9.17) is 15.2 Å². The molecular weight excluding hydrogens is 242 g/mol. The molecule has 0 saturated heterocycles. The molecule has 2 aromatic rings. The smallest absolute Gasteiger partial charge is 0.246 e. The number of benzene rings is 1. The van der Waals surface area contributed by atoms with Crippen LogP contribution >= 0.6 is 0 Å². The lowest BCUT2D eigenvalue weighted by atomic mass is 10.0. The second-order valence-corrected chi connectivity index (χ2v) is 5.30. The van der Waals surface area contributed by atoms with E-state index in [1.165, 1.54) is 0 Å². The molecule has 0 saturated carbocycles. The number of aryl methyl sites for hydroxylation is 2. The summed E-state index contributed by atoms with van der Waals surface area (Å²) in [6.45, 7) is 5.80. The molecule has 5 heteroatoms. The van der Waals surface area contributed by atoms with Gasteiger partial charge in [0.15, 0.2) is 11.5 Å². The van der Waals surface area contributed by atoms with Gasteiger partial charge in [-0.15, -0.1) is 0 Å². The summed E-state index contributed by atoms with van der Waals surface area (Å²) in [6, 6.07) is 5.79. The first-order valence-electron chi connectivity index (χ1n) is 6.18. The minimum atomic E-state index is -0.615. The van der Waals surface area contributed by atoms with Crippen LogP contribution in [0.3, 0.4) is 0 Å². The first kappa shape index (κ1) is 11.9. The SMILES string of the molecule is Cc1cc2c(cc1-c1cc(N)n(C)n1)OC(C)(C)O2. The van der Waals surface area contributed by atoms with Crippen molar-refractivity contribution in [2.45, 2.75) is 26.6 Å². The lowest BCUT2D eigenvalue weighted by Gasteiger charge is -2.16. The van der Waals surface area contributed by atoms with Crippen molar-refractivity contribution in [3.8, 4) is 22.8 Å². The fourth-order valence-corrected chi connectivity index (χ4v) is 2.26. The van der Waals surface area contributed by atoms with Crippen LogP contribution < -0.4 is 15.2 Å². The van der Waals surface area contributed by atoms with Crippen molar-refractivity contribution in [1.29, 1.82) is 0 Å². The number of aromatic nitrogens is 2. The molecule has 0 spiro atoms. The van der Waals surface area contributed by atoms with Crippen LogP contribution in [0.5, 0.6) is 11.5 Å². The van der Waals surface area contributed by atoms with Crippen molar-refractivity contribution in [3.05, 3.63) is 23.8 Å². The van der Waals surface area contributed by atoms with Gasteiger partial charge >= 0.3 is 0 Å². The summed E-state index contributed by atoms with van der Waals surface area (Å²) in [5.41, 5.74) is 8.76. The molecular formula is C14H17N3O2. The normalized spacial score (nSPS) is 15.8. The van der Waals surface area contributed by atoms with E-state index < -0.39 is 5.79 Å². The van der Waals surface area contributed by atoms with E-state index in [2.05, 4.69) is 5.10 Å². The highest BCUT2D eigenvalue weighted by atomic mass is 16.7. The van der Waals surface area contributed by atoms with Crippen LogP contribution in [0.25, 0.3) is 11.3 Å². The third-order valence-corrected chi connectivity index (χ3v) is 3.19. The molecule has 1 aromatic carbocycles. The Kier molecular flexibility index (Phi) is 2.29. The van der Waals surface area contributed by atoms with Crippen molar-refractivity contribution >= 4 is 5.82 Å². The van der Waals surface area contributed by atoms with Gasteiger partial charge in [0, 0.05) is 32.5 Å². The largest absolute Gasteiger partial charge is 0.449 e. The summed E-state index contributed by atoms with van der Waals surface area (Å²) in [6.07, 6.45) is 0. The van der Waals surface area contributed by atoms with Gasteiger partial charge in [-0.05, 0) is 24.6 Å². The fourth-order valence-electron chi connectivity index (χ4n) is 2.26. The van der Waals surface area contributed by atoms with Crippen molar-refractivity contribution in [3.63, 3.8) is 0 Å². The molecule has 1 aromatic heterocycles. The number of ether oxygens (including phenoxy) is 2. The Balaban J connectivity index is 2.10. The number of rotatable bonds is 1. The van der Waals surface area contributed by atoms with E-state index in [0.717, 1.165) is 28.3 Å². The number of hydrogen-bond donors (Lipinski definition) is 1. The molecule has 0 fully saturated rings. The van der Waals surface area contributed by atoms with Gasteiger partial charge in [0.2, 0.25) is 5.79 Å². The molecule has 0 unspecified atom stereocenters. The number of nitrogens with zero attached hydrogens (tertiary/aromatic N) is 2. The van der Waals surface area contributed by atoms with Gasteiger partial charge in [-0.1, -0.05) is 0 Å². The molecule has 1 aliphatic heterocycles. The quantitative estimate of drug-likeness (QED) is 0.854. The van der Waals surface area contributed by atoms with Crippen molar-refractivity contribution < 1.29 is 9.47 Å². The Hall–Kier alpha value is -2.17. The molecule has 0 amide bonds. The average Bonchev–Trinajstić information content (AvgIpc) is 2.76. The Bertz CT molecular complexity index is 639. The zero-order chi connectivity index (χ0) is 13.8. The fraction of sp³-hybridized carbons (Fsp3) is 0.357. The number of nitrogens with two attached hydrogens (primary N) is 1. The highest BCUT2D eigenvalue weighted by Crippen LogP contribution is 2.43. The average molecular weight is 259 g/mol. The number of nitrogen functional groups attached to an aromatic ring is 1. The third kappa shape index (κ3) is 1.91. The van der Waals surface area contributed by atoms with Gasteiger partial charge in [0.25, 0.3) is 0 Å². The molecule has 3 rings (SSSR count). The van der Waals surface area contributed by atoms with E-state index in [9.17, 15) is 0 Å². The molecule has 0 aliphatic carbocycles. The van der Waals surface area contributed by atoms with Crippen LogP contribution in [0.4, 0.5) is 5.82 Å². The van der Waals surface area contributed by atoms with Gasteiger partial charge in [-0.3, -0.25) is 4.68 Å². The van der Waals surface area contributed by atoms with Crippen LogP contribution in [0.1, 0.15) is 19.4 Å². The predicted molar refractivity (Wildman–Crippen MR) is 73.1 cm³/mol. The Morgan fingerprint density at radius 3 is 2.37 bits per heavy atom. The zero-order valence-corrected chi connectivity index (χ0v) is 11.5. The van der Waals surface area contributed by atoms with Crippen LogP contribution in [-0.4, -0.2) is 15.6 Å². The third-order valence-electron chi connectivity index (χ3n) is 3.19. The van der Waals surface area contributed by atoms with E-state index in [1.54, 1.807) is 4.68 Å². The maximum absolute atomic E-state index is 5.83. The van der Waals surface area contributed by atoms with E-state index in [-0.39, 0.29) is 0 Å². The van der Waals surface area contributed by atoms with Crippen molar-refractivity contribution in [1.82, 2.24) is 9.78 Å². The first-order valence-corrected chi connectivity index (χ1v) is 6.18. The van der Waals surface area contributed by atoms with Gasteiger partial charge in [0.05, 0.1) is 5.69 Å². The summed E-state index contributed by atoms with van der Waals surface area (Å²) in [4.78, 5) is 0. The van der Waals surface area contributed by atoms with Crippen LogP contribution in [0.2, 0.25) is 0 Å². The molecule has 0 bridgehead atoms. The Labute approximate surface area is 111 Å². The highest BCUT2D eigenvalue weighted by molar-refractivity contribution is 5.70. The van der Waals surface area contributed by atoms with Gasteiger partial charge < -0.3 is 15.2 Å². The summed E-state index contributed by atoms with van der Waals surface area (Å²) < 4.78 is 13.1. The second kappa shape index (κ2) is 3.66. The summed E-state index contributed by atoms with van der Waals surface area (Å²) >= 11 is 0. The minimum Gasteiger partial charge on any atom is -0.449 e. The monoisotopic (exact) mass is 259 g/mol. The molecule has 1 aliphatic rings. The Morgan fingerprint density at radius 1 is 1.16 bits per heavy atom. The van der Waals surface area contributed by atoms with Crippen molar-refractivity contribution in [2.75, 3.05) is 5.73 Å². The first-order chi connectivity index (χ1) is 8.85. The van der Waals surface area contributed by atoms with Crippen LogP contribution in [0.15, 0.2) is 18.2 Å². The summed E-state index contributed by atoms with van der Waals surface area (Å²) in [5, 5.41) is 4.40. The molecule has 19 heavy (non-hydrogen) atoms. The van der Waals surface area contributed by atoms with E-state index in [0.29, 0.717) is 5.82 Å². The van der Waals surface area contributed by atoms with Crippen molar-refractivity contribution in [2.24, 2.45) is 7.05 Å². The summed E-state index contributed by atoms with van der Waals surface area (Å²) in [5.74, 6) is 1.54. The number of anilines is 1. The van der Waals surface area contributed by atoms with Crippen LogP contribution in [-0.2, 0) is 7.05 Å². The topological polar surface area (TPSA) is 62.3 Å².